The first-order valence-electron chi connectivity index (χ1n) is 14.3. The van der Waals surface area contributed by atoms with E-state index in [1.807, 2.05) is 41.2 Å². The highest BCUT2D eigenvalue weighted by Crippen LogP contribution is 2.30. The maximum atomic E-state index is 6.18. The Balaban J connectivity index is 0.000000548. The molecule has 5 aromatic rings. The summed E-state index contributed by atoms with van der Waals surface area (Å²) in [6.45, 7) is 8.53. The van der Waals surface area contributed by atoms with E-state index >= 15 is 0 Å². The standard InChI is InChI=1S/C27H28N8O.C4H8O/c1-2-19-12-25(34-9-6-29-7-10-34)22-4-3-21(13-24(22)33-19)36-16-18-11-20(15-30-14-18)35-8-5-23-26(28)31-17-32-27(23)35;1-2-4-5-3-1/h3-5,8,11-15,17,29H,2,6-7,9-10,16H2,1H3,(H2,28,31,32);1-4H2. The highest BCUT2D eigenvalue weighted by atomic mass is 16.5. The number of aryl methyl sites for hydroxylation is 1. The molecule has 4 aromatic heterocycles. The number of rotatable bonds is 6. The summed E-state index contributed by atoms with van der Waals surface area (Å²) in [5, 5.41) is 5.40. The minimum Gasteiger partial charge on any atom is -0.489 e. The van der Waals surface area contributed by atoms with Crippen LogP contribution in [0.25, 0.3) is 27.6 Å². The van der Waals surface area contributed by atoms with Gasteiger partial charge in [0.1, 0.15) is 30.1 Å². The molecule has 0 atom stereocenters. The quantitative estimate of drug-likeness (QED) is 0.318. The molecule has 2 aliphatic heterocycles. The number of hydrogen-bond donors (Lipinski definition) is 2. The number of ether oxygens (including phenoxy) is 2. The second-order valence-electron chi connectivity index (χ2n) is 10.2. The number of pyridine rings is 2. The van der Waals surface area contributed by atoms with Crippen LogP contribution >= 0.6 is 0 Å². The van der Waals surface area contributed by atoms with Crippen LogP contribution in [0.4, 0.5) is 11.5 Å². The van der Waals surface area contributed by atoms with Gasteiger partial charge in [0.05, 0.1) is 22.8 Å². The first-order chi connectivity index (χ1) is 20.2. The maximum Gasteiger partial charge on any atom is 0.150 e. The Morgan fingerprint density at radius 2 is 1.85 bits per heavy atom. The van der Waals surface area contributed by atoms with E-state index in [1.165, 1.54) is 24.9 Å². The molecule has 7 rings (SSSR count). The molecule has 6 heterocycles. The molecule has 0 aliphatic carbocycles. The lowest BCUT2D eigenvalue weighted by molar-refractivity contribution is 0.198. The third kappa shape index (κ3) is 6.08. The van der Waals surface area contributed by atoms with Crippen LogP contribution in [0.5, 0.6) is 5.75 Å². The highest BCUT2D eigenvalue weighted by molar-refractivity contribution is 5.93. The topological polar surface area (TPSA) is 116 Å². The van der Waals surface area contributed by atoms with Crippen LogP contribution in [-0.2, 0) is 17.8 Å². The Hall–Kier alpha value is -4.28. The molecular weight excluding hydrogens is 516 g/mol. The first-order valence-corrected chi connectivity index (χ1v) is 14.3. The number of aromatic nitrogens is 5. The summed E-state index contributed by atoms with van der Waals surface area (Å²) in [6.07, 6.45) is 10.5. The molecule has 0 bridgehead atoms. The fraction of sp³-hybridized carbons (Fsp3) is 0.355. The number of anilines is 2. The van der Waals surface area contributed by atoms with Crippen LogP contribution in [0.3, 0.4) is 0 Å². The average molecular weight is 553 g/mol. The smallest absolute Gasteiger partial charge is 0.150 e. The molecule has 10 nitrogen and oxygen atoms in total. The molecule has 10 heteroatoms. The molecule has 1 aromatic carbocycles. The van der Waals surface area contributed by atoms with E-state index in [0.717, 1.165) is 90.4 Å². The third-order valence-corrected chi connectivity index (χ3v) is 7.44. The Bertz CT molecular complexity index is 1620. The third-order valence-electron chi connectivity index (χ3n) is 7.44. The van der Waals surface area contributed by atoms with E-state index in [0.29, 0.717) is 12.4 Å². The summed E-state index contributed by atoms with van der Waals surface area (Å²) in [7, 11) is 0. The SMILES string of the molecule is C1CCOC1.CCc1cc(N2CCNCC2)c2ccc(OCc3cncc(-n4ccc5c(N)ncnc54)c3)cc2n1. The molecular formula is C31H36N8O2. The molecule has 2 aliphatic rings. The number of nitrogens with zero attached hydrogens (tertiary/aromatic N) is 6. The molecule has 2 saturated heterocycles. The summed E-state index contributed by atoms with van der Waals surface area (Å²) in [5.41, 5.74) is 11.9. The lowest BCUT2D eigenvalue weighted by Gasteiger charge is -2.30. The van der Waals surface area contributed by atoms with Gasteiger partial charge >= 0.3 is 0 Å². The van der Waals surface area contributed by atoms with E-state index in [2.05, 4.69) is 44.2 Å². The molecule has 212 valence electrons. The lowest BCUT2D eigenvalue weighted by Crippen LogP contribution is -2.43. The highest BCUT2D eigenvalue weighted by Gasteiger charge is 2.16. The van der Waals surface area contributed by atoms with E-state index in [9.17, 15) is 0 Å². The van der Waals surface area contributed by atoms with E-state index in [4.69, 9.17) is 20.2 Å². The van der Waals surface area contributed by atoms with Crippen LogP contribution in [0.1, 0.15) is 31.0 Å². The van der Waals surface area contributed by atoms with Crippen LogP contribution in [0, 0.1) is 0 Å². The lowest BCUT2D eigenvalue weighted by atomic mass is 10.1. The molecule has 0 spiro atoms. The molecule has 0 radical (unpaired) electrons. The zero-order valence-electron chi connectivity index (χ0n) is 23.4. The predicted molar refractivity (Wildman–Crippen MR) is 162 cm³/mol. The summed E-state index contributed by atoms with van der Waals surface area (Å²) < 4.78 is 13.1. The Labute approximate surface area is 239 Å². The number of nitrogens with two attached hydrogens (primary N) is 1. The molecule has 0 saturated carbocycles. The fourth-order valence-corrected chi connectivity index (χ4v) is 5.22. The molecule has 2 fully saturated rings. The number of benzene rings is 1. The van der Waals surface area contributed by atoms with Crippen molar-refractivity contribution < 1.29 is 9.47 Å². The van der Waals surface area contributed by atoms with Gasteiger partial charge in [-0.2, -0.15) is 0 Å². The van der Waals surface area contributed by atoms with Crippen LogP contribution in [-0.4, -0.2) is 63.9 Å². The summed E-state index contributed by atoms with van der Waals surface area (Å²) >= 11 is 0. The van der Waals surface area contributed by atoms with Crippen molar-refractivity contribution in [2.75, 3.05) is 50.0 Å². The largest absolute Gasteiger partial charge is 0.489 e. The van der Waals surface area contributed by atoms with Gasteiger partial charge in [-0.3, -0.25) is 14.5 Å². The number of nitrogen functional groups attached to an aromatic ring is 1. The summed E-state index contributed by atoms with van der Waals surface area (Å²) in [6, 6.07) is 12.4. The van der Waals surface area contributed by atoms with Crippen molar-refractivity contribution in [2.45, 2.75) is 32.8 Å². The molecule has 41 heavy (non-hydrogen) atoms. The zero-order valence-corrected chi connectivity index (χ0v) is 23.4. The zero-order chi connectivity index (χ0) is 28.0. The van der Waals surface area contributed by atoms with Gasteiger partial charge in [-0.15, -0.1) is 0 Å². The predicted octanol–water partition coefficient (Wildman–Crippen LogP) is 4.29. The van der Waals surface area contributed by atoms with E-state index in [-0.39, 0.29) is 0 Å². The van der Waals surface area contributed by atoms with Gasteiger partial charge in [-0.05, 0) is 49.6 Å². The van der Waals surface area contributed by atoms with Gasteiger partial charge in [0, 0.05) is 80.2 Å². The fourth-order valence-electron chi connectivity index (χ4n) is 5.22. The normalized spacial score (nSPS) is 15.2. The van der Waals surface area contributed by atoms with Gasteiger partial charge < -0.3 is 25.4 Å². The van der Waals surface area contributed by atoms with Crippen LogP contribution in [0.15, 0.2) is 61.3 Å². The number of piperazine rings is 1. The molecule has 0 unspecified atom stereocenters. The van der Waals surface area contributed by atoms with Crippen molar-refractivity contribution in [3.63, 3.8) is 0 Å². The van der Waals surface area contributed by atoms with Gasteiger partial charge in [0.25, 0.3) is 0 Å². The number of nitrogens with one attached hydrogen (secondary N) is 1. The summed E-state index contributed by atoms with van der Waals surface area (Å²) in [4.78, 5) is 20.2. The Morgan fingerprint density at radius 1 is 1.00 bits per heavy atom. The monoisotopic (exact) mass is 552 g/mol. The van der Waals surface area contributed by atoms with Crippen molar-refractivity contribution >= 4 is 33.4 Å². The minimum absolute atomic E-state index is 0.390. The molecule has 3 N–H and O–H groups in total. The number of hydrogen-bond acceptors (Lipinski definition) is 9. The first kappa shape index (κ1) is 26.9. The molecule has 0 amide bonds. The van der Waals surface area contributed by atoms with E-state index in [1.54, 1.807) is 6.20 Å². The average Bonchev–Trinajstić information content (AvgIpc) is 3.75. The summed E-state index contributed by atoms with van der Waals surface area (Å²) in [5.74, 6) is 1.24. The van der Waals surface area contributed by atoms with Crippen LogP contribution < -0.4 is 20.7 Å². The second-order valence-corrected chi connectivity index (χ2v) is 10.2. The Morgan fingerprint density at radius 3 is 2.63 bits per heavy atom. The van der Waals surface area contributed by atoms with Crippen molar-refractivity contribution in [1.29, 1.82) is 0 Å². The van der Waals surface area contributed by atoms with Crippen molar-refractivity contribution in [2.24, 2.45) is 0 Å². The van der Waals surface area contributed by atoms with Gasteiger partial charge in [-0.1, -0.05) is 6.92 Å². The van der Waals surface area contributed by atoms with Gasteiger partial charge in [0.15, 0.2) is 0 Å². The Kier molecular flexibility index (Phi) is 8.20. The second kappa shape index (κ2) is 12.5. The van der Waals surface area contributed by atoms with Crippen molar-refractivity contribution in [1.82, 2.24) is 29.8 Å². The van der Waals surface area contributed by atoms with Crippen LogP contribution in [0.2, 0.25) is 0 Å². The van der Waals surface area contributed by atoms with Crippen molar-refractivity contribution in [3.8, 4) is 11.4 Å². The van der Waals surface area contributed by atoms with Gasteiger partial charge in [0.2, 0.25) is 0 Å². The minimum atomic E-state index is 0.390. The van der Waals surface area contributed by atoms with E-state index < -0.39 is 0 Å². The number of fused-ring (bicyclic) bond motifs is 2. The van der Waals surface area contributed by atoms with Crippen molar-refractivity contribution in [3.05, 3.63) is 72.6 Å². The maximum absolute atomic E-state index is 6.18. The van der Waals surface area contributed by atoms with Gasteiger partial charge in [-0.25, -0.2) is 9.97 Å².